The summed E-state index contributed by atoms with van der Waals surface area (Å²) in [7, 11) is 2.17. The zero-order chi connectivity index (χ0) is 23.0. The molecule has 0 radical (unpaired) electrons. The van der Waals surface area contributed by atoms with E-state index in [-0.39, 0.29) is 29.6 Å². The number of carbonyl (C=O) groups excluding carboxylic acids is 1. The summed E-state index contributed by atoms with van der Waals surface area (Å²) in [6, 6.07) is 4.44. The van der Waals surface area contributed by atoms with E-state index in [4.69, 9.17) is 4.42 Å². The average Bonchev–Trinajstić information content (AvgIpc) is 3.17. The SMILES string of the molecule is CCCC1CC(NC(=O)c2ccc(F)c3oc(N4[C@@H](C)CNC[C@@H]4C)nc23)CC(C)N1C. The fourth-order valence-corrected chi connectivity index (χ4v) is 5.33. The third-order valence-electron chi connectivity index (χ3n) is 7.19. The van der Waals surface area contributed by atoms with Gasteiger partial charge in [0.2, 0.25) is 0 Å². The summed E-state index contributed by atoms with van der Waals surface area (Å²) in [5, 5.41) is 6.57. The van der Waals surface area contributed by atoms with Crippen molar-refractivity contribution in [2.75, 3.05) is 25.0 Å². The molecule has 2 aliphatic rings. The Labute approximate surface area is 189 Å². The molecule has 7 nitrogen and oxygen atoms in total. The van der Waals surface area contributed by atoms with Gasteiger partial charge in [0, 0.05) is 43.3 Å². The molecule has 0 spiro atoms. The quantitative estimate of drug-likeness (QED) is 0.734. The van der Waals surface area contributed by atoms with E-state index >= 15 is 0 Å². The molecule has 2 N–H and O–H groups in total. The molecule has 3 unspecified atom stereocenters. The van der Waals surface area contributed by atoms with Crippen molar-refractivity contribution in [3.63, 3.8) is 0 Å². The second-order valence-corrected chi connectivity index (χ2v) is 9.63. The van der Waals surface area contributed by atoms with E-state index in [1.165, 1.54) is 12.1 Å². The van der Waals surface area contributed by atoms with Crippen LogP contribution in [0.5, 0.6) is 0 Å². The largest absolute Gasteiger partial charge is 0.420 e. The Hall–Kier alpha value is -2.19. The number of rotatable bonds is 5. The molecule has 0 aliphatic carbocycles. The van der Waals surface area contributed by atoms with Gasteiger partial charge in [-0.3, -0.25) is 4.79 Å². The molecule has 4 rings (SSSR count). The normalized spacial score (nSPS) is 29.4. The standard InChI is InChI=1S/C24H36FN5O2/c1-6-7-18-11-17(10-14(2)29(18)5)27-23(31)19-8-9-20(25)22-21(19)28-24(32-22)30-15(3)12-26-13-16(30)4/h8-9,14-18,26H,6-7,10-13H2,1-5H3,(H,27,31)/t14?,15-,16-,17?,18?/m0/s1. The minimum Gasteiger partial charge on any atom is -0.420 e. The highest BCUT2D eigenvalue weighted by molar-refractivity contribution is 6.05. The van der Waals surface area contributed by atoms with Crippen molar-refractivity contribution in [2.24, 2.45) is 0 Å². The smallest absolute Gasteiger partial charge is 0.299 e. The molecule has 176 valence electrons. The van der Waals surface area contributed by atoms with Crippen LogP contribution in [-0.4, -0.2) is 66.1 Å². The lowest BCUT2D eigenvalue weighted by Gasteiger charge is -2.42. The number of hydrogen-bond acceptors (Lipinski definition) is 6. The van der Waals surface area contributed by atoms with Crippen molar-refractivity contribution < 1.29 is 13.6 Å². The third-order valence-corrected chi connectivity index (χ3v) is 7.19. The van der Waals surface area contributed by atoms with E-state index in [1.54, 1.807) is 0 Å². The van der Waals surface area contributed by atoms with Gasteiger partial charge in [-0.1, -0.05) is 13.3 Å². The zero-order valence-electron chi connectivity index (χ0n) is 19.8. The molecule has 1 amide bonds. The minimum atomic E-state index is -0.498. The van der Waals surface area contributed by atoms with Gasteiger partial charge in [0.15, 0.2) is 11.4 Å². The Morgan fingerprint density at radius 2 is 1.94 bits per heavy atom. The fourth-order valence-electron chi connectivity index (χ4n) is 5.33. The van der Waals surface area contributed by atoms with Crippen LogP contribution in [0.1, 0.15) is 63.7 Å². The second-order valence-electron chi connectivity index (χ2n) is 9.63. The third kappa shape index (κ3) is 4.35. The highest BCUT2D eigenvalue weighted by Gasteiger charge is 2.33. The van der Waals surface area contributed by atoms with Crippen molar-refractivity contribution in [3.05, 3.63) is 23.5 Å². The Bertz CT molecular complexity index is 953. The Morgan fingerprint density at radius 1 is 1.22 bits per heavy atom. The molecule has 0 saturated carbocycles. The first-order chi connectivity index (χ1) is 15.3. The van der Waals surface area contributed by atoms with Gasteiger partial charge < -0.3 is 24.9 Å². The summed E-state index contributed by atoms with van der Waals surface area (Å²) < 4.78 is 20.5. The number of piperazine rings is 1. The summed E-state index contributed by atoms with van der Waals surface area (Å²) in [6.45, 7) is 10.2. The molecular weight excluding hydrogens is 409 g/mol. The molecule has 2 aliphatic heterocycles. The molecule has 3 heterocycles. The molecule has 8 heteroatoms. The number of amides is 1. The minimum absolute atomic E-state index is 0.0474. The zero-order valence-corrected chi connectivity index (χ0v) is 19.8. The van der Waals surface area contributed by atoms with Gasteiger partial charge in [-0.15, -0.1) is 0 Å². The number of nitrogens with zero attached hydrogens (tertiary/aromatic N) is 3. The number of carbonyl (C=O) groups is 1. The monoisotopic (exact) mass is 445 g/mol. The Balaban J connectivity index is 1.59. The van der Waals surface area contributed by atoms with Crippen LogP contribution in [0.25, 0.3) is 11.1 Å². The van der Waals surface area contributed by atoms with Crippen LogP contribution in [0.2, 0.25) is 0 Å². The number of aromatic nitrogens is 1. The number of hydrogen-bond donors (Lipinski definition) is 2. The molecule has 1 aromatic carbocycles. The van der Waals surface area contributed by atoms with E-state index in [1.807, 2.05) is 0 Å². The summed E-state index contributed by atoms with van der Waals surface area (Å²) in [5.41, 5.74) is 0.707. The number of benzene rings is 1. The Morgan fingerprint density at radius 3 is 2.62 bits per heavy atom. The molecule has 1 aromatic heterocycles. The first kappa shape index (κ1) is 23.0. The van der Waals surface area contributed by atoms with Crippen LogP contribution < -0.4 is 15.5 Å². The maximum absolute atomic E-state index is 14.6. The van der Waals surface area contributed by atoms with Gasteiger partial charge in [0.1, 0.15) is 5.52 Å². The Kier molecular flexibility index (Phi) is 6.72. The van der Waals surface area contributed by atoms with Crippen LogP contribution in [-0.2, 0) is 0 Å². The van der Waals surface area contributed by atoms with Crippen molar-refractivity contribution in [1.29, 1.82) is 0 Å². The van der Waals surface area contributed by atoms with E-state index in [0.717, 1.165) is 38.8 Å². The van der Waals surface area contributed by atoms with E-state index < -0.39 is 5.82 Å². The van der Waals surface area contributed by atoms with Gasteiger partial charge in [-0.05, 0) is 59.2 Å². The molecule has 32 heavy (non-hydrogen) atoms. The van der Waals surface area contributed by atoms with Gasteiger partial charge in [0.05, 0.1) is 5.56 Å². The number of piperidine rings is 1. The number of fused-ring (bicyclic) bond motifs is 1. The molecule has 2 fully saturated rings. The van der Waals surface area contributed by atoms with Gasteiger partial charge in [-0.25, -0.2) is 4.39 Å². The van der Waals surface area contributed by atoms with Gasteiger partial charge in [0.25, 0.3) is 11.9 Å². The lowest BCUT2D eigenvalue weighted by atomic mass is 9.90. The molecule has 2 aromatic rings. The number of likely N-dealkylation sites (tertiary alicyclic amines) is 1. The molecule has 0 bridgehead atoms. The first-order valence-corrected chi connectivity index (χ1v) is 11.9. The van der Waals surface area contributed by atoms with Crippen molar-refractivity contribution in [3.8, 4) is 0 Å². The number of nitrogens with one attached hydrogen (secondary N) is 2. The predicted octanol–water partition coefficient (Wildman–Crippen LogP) is 3.53. The molecular formula is C24H36FN5O2. The number of anilines is 1. The second kappa shape index (κ2) is 9.35. The van der Waals surface area contributed by atoms with Crippen LogP contribution in [0, 0.1) is 5.82 Å². The predicted molar refractivity (Wildman–Crippen MR) is 125 cm³/mol. The lowest BCUT2D eigenvalue weighted by molar-refractivity contribution is 0.0777. The fraction of sp³-hybridized carbons (Fsp3) is 0.667. The lowest BCUT2D eigenvalue weighted by Crippen LogP contribution is -2.55. The summed E-state index contributed by atoms with van der Waals surface area (Å²) >= 11 is 0. The van der Waals surface area contributed by atoms with E-state index in [0.29, 0.717) is 29.2 Å². The van der Waals surface area contributed by atoms with Gasteiger partial charge in [-0.2, -0.15) is 4.98 Å². The topological polar surface area (TPSA) is 73.6 Å². The maximum atomic E-state index is 14.6. The van der Waals surface area contributed by atoms with Crippen LogP contribution in [0.4, 0.5) is 10.4 Å². The van der Waals surface area contributed by atoms with E-state index in [9.17, 15) is 9.18 Å². The van der Waals surface area contributed by atoms with Crippen LogP contribution in [0.3, 0.4) is 0 Å². The van der Waals surface area contributed by atoms with Crippen molar-refractivity contribution in [1.82, 2.24) is 20.5 Å². The maximum Gasteiger partial charge on any atom is 0.299 e. The van der Waals surface area contributed by atoms with Crippen LogP contribution >= 0.6 is 0 Å². The number of oxazole rings is 1. The average molecular weight is 446 g/mol. The van der Waals surface area contributed by atoms with Crippen molar-refractivity contribution >= 4 is 23.0 Å². The summed E-state index contributed by atoms with van der Waals surface area (Å²) in [6.07, 6.45) is 4.05. The highest BCUT2D eigenvalue weighted by Crippen LogP contribution is 2.31. The summed E-state index contributed by atoms with van der Waals surface area (Å²) in [4.78, 5) is 22.3. The molecule has 5 atom stereocenters. The van der Waals surface area contributed by atoms with E-state index in [2.05, 4.69) is 60.2 Å². The van der Waals surface area contributed by atoms with Crippen molar-refractivity contribution in [2.45, 2.75) is 83.6 Å². The highest BCUT2D eigenvalue weighted by atomic mass is 19.1. The summed E-state index contributed by atoms with van der Waals surface area (Å²) in [5.74, 6) is -0.713. The number of halogens is 1. The van der Waals surface area contributed by atoms with Gasteiger partial charge >= 0.3 is 0 Å². The van der Waals surface area contributed by atoms with Crippen LogP contribution in [0.15, 0.2) is 16.5 Å². The molecule has 2 saturated heterocycles. The first-order valence-electron chi connectivity index (χ1n) is 11.9.